The molecule has 0 amide bonds. The number of hydrogen-bond donors (Lipinski definition) is 0. The van der Waals surface area contributed by atoms with Crippen LogP contribution in [0.5, 0.6) is 0 Å². The van der Waals surface area contributed by atoms with Crippen LogP contribution in [-0.2, 0) is 36.2 Å². The minimum Gasteiger partial charge on any atom is -0.550 e. The van der Waals surface area contributed by atoms with Gasteiger partial charge in [-0.25, -0.2) is 0 Å². The summed E-state index contributed by atoms with van der Waals surface area (Å²) >= 11 is 0. The molecule has 0 saturated heterocycles. The third-order valence-corrected chi connectivity index (χ3v) is 1.07. The molecule has 0 saturated carbocycles. The van der Waals surface area contributed by atoms with E-state index in [4.69, 9.17) is 0 Å². The molecule has 17 heavy (non-hydrogen) atoms. The third kappa shape index (κ3) is 31.4. The van der Waals surface area contributed by atoms with E-state index >= 15 is 0 Å². The van der Waals surface area contributed by atoms with Crippen molar-refractivity contribution in [3.8, 4) is 0 Å². The monoisotopic (exact) mass is 295 g/mol. The number of carboxylic acid groups (broad SMARTS) is 4. The molecule has 0 rings (SSSR count). The fourth-order valence-corrected chi connectivity index (χ4v) is 0.408. The number of aliphatic carboxylic acids is 4. The number of carbonyl (C=O) groups is 4. The molecule has 0 heterocycles. The van der Waals surface area contributed by atoms with E-state index in [0.29, 0.717) is 0 Å². The predicted octanol–water partition coefficient (Wildman–Crippen LogP) is -5.47. The van der Waals surface area contributed by atoms with E-state index in [0.717, 1.165) is 0 Å². The Balaban J connectivity index is -0.000000218. The first kappa shape index (κ1) is 20.8. The zero-order valence-electron chi connectivity index (χ0n) is 8.40. The van der Waals surface area contributed by atoms with Gasteiger partial charge in [-0.15, -0.1) is 0 Å². The van der Waals surface area contributed by atoms with E-state index in [1.54, 1.807) is 0 Å². The molecule has 0 aliphatic heterocycles. The molecule has 0 aromatic heterocycles. The molecule has 0 spiro atoms. The summed E-state index contributed by atoms with van der Waals surface area (Å²) in [5.74, 6) is -5.47. The van der Waals surface area contributed by atoms with Gasteiger partial charge in [-0.1, -0.05) is 0 Å². The molecule has 0 atom stereocenters. The van der Waals surface area contributed by atoms with Crippen LogP contribution in [0.15, 0.2) is 0 Å². The molecule has 0 bridgehead atoms. The van der Waals surface area contributed by atoms with Crippen molar-refractivity contribution in [3.63, 3.8) is 0 Å². The Morgan fingerprint density at radius 2 is 0.647 bits per heavy atom. The van der Waals surface area contributed by atoms with Gasteiger partial charge in [-0.3, -0.25) is 0 Å². The first-order chi connectivity index (χ1) is 7.25. The molecule has 9 heteroatoms. The van der Waals surface area contributed by atoms with Gasteiger partial charge in [0.25, 0.3) is 0 Å². The van der Waals surface area contributed by atoms with Crippen molar-refractivity contribution in [2.24, 2.45) is 0 Å². The maximum absolute atomic E-state index is 9.50. The van der Waals surface area contributed by atoms with E-state index in [1.165, 1.54) is 0 Å². The molecule has 0 unspecified atom stereocenters. The van der Waals surface area contributed by atoms with Crippen molar-refractivity contribution in [2.75, 3.05) is 0 Å². The minimum absolute atomic E-state index is 0. The Labute approximate surface area is 107 Å². The summed E-state index contributed by atoms with van der Waals surface area (Å²) in [6.45, 7) is 0. The second-order valence-corrected chi connectivity index (χ2v) is 2.49. The van der Waals surface area contributed by atoms with Crippen molar-refractivity contribution in [1.29, 1.82) is 0 Å². The third-order valence-electron chi connectivity index (χ3n) is 1.07. The summed E-state index contributed by atoms with van der Waals surface area (Å²) < 4.78 is 0. The van der Waals surface area contributed by atoms with Crippen LogP contribution in [0.1, 0.15) is 25.7 Å². The Morgan fingerprint density at radius 1 is 0.529 bits per heavy atom. The summed E-state index contributed by atoms with van der Waals surface area (Å²) in [5, 5.41) is 38.0. The van der Waals surface area contributed by atoms with Gasteiger partial charge in [0.05, 0.1) is 0 Å². The van der Waals surface area contributed by atoms with Crippen LogP contribution in [0.25, 0.3) is 0 Å². The fourth-order valence-electron chi connectivity index (χ4n) is 0.408. The summed E-state index contributed by atoms with van der Waals surface area (Å²) in [7, 11) is 0. The molecule has 0 N–H and O–H groups in total. The summed E-state index contributed by atoms with van der Waals surface area (Å²) in [4.78, 5) is 38.0. The predicted molar refractivity (Wildman–Crippen MR) is 38.5 cm³/mol. The van der Waals surface area contributed by atoms with Crippen molar-refractivity contribution in [3.05, 3.63) is 0 Å². The van der Waals surface area contributed by atoms with Crippen LogP contribution in [0, 0.1) is 0 Å². The van der Waals surface area contributed by atoms with E-state index in [9.17, 15) is 39.6 Å². The van der Waals surface area contributed by atoms with Gasteiger partial charge in [-0.2, -0.15) is 0 Å². The van der Waals surface area contributed by atoms with Crippen LogP contribution in [0.4, 0.5) is 0 Å². The average Bonchev–Trinajstić information content (AvgIpc) is 2.12. The SMILES string of the molecule is O=C([O-])CCC(=O)[O-].O=C([O-])CCC(=O)[O-].[Cu+4]. The van der Waals surface area contributed by atoms with Crippen LogP contribution in [0.2, 0.25) is 0 Å². The fraction of sp³-hybridized carbons (Fsp3) is 0.500. The normalized spacial score (nSPS) is 8.00. The molecule has 0 fully saturated rings. The van der Waals surface area contributed by atoms with E-state index in [-0.39, 0.29) is 17.1 Å². The minimum atomic E-state index is -1.37. The summed E-state index contributed by atoms with van der Waals surface area (Å²) in [5.41, 5.74) is 0. The molecule has 0 aliphatic carbocycles. The van der Waals surface area contributed by atoms with Gasteiger partial charge in [0.15, 0.2) is 0 Å². The van der Waals surface area contributed by atoms with Crippen molar-refractivity contribution < 1.29 is 56.7 Å². The van der Waals surface area contributed by atoms with Crippen LogP contribution >= 0.6 is 0 Å². The Hall–Kier alpha value is -1.60. The second kappa shape index (κ2) is 12.5. The molecule has 0 aromatic carbocycles. The summed E-state index contributed by atoms with van der Waals surface area (Å²) in [6, 6.07) is 0. The quantitative estimate of drug-likeness (QED) is 0.438. The molecule has 0 aliphatic rings. The molecule has 99 valence electrons. The Morgan fingerprint density at radius 3 is 0.706 bits per heavy atom. The van der Waals surface area contributed by atoms with Crippen molar-refractivity contribution in [2.45, 2.75) is 25.7 Å². The molecular weight excluding hydrogens is 288 g/mol. The first-order valence-electron chi connectivity index (χ1n) is 4.05. The zero-order chi connectivity index (χ0) is 13.1. The van der Waals surface area contributed by atoms with Crippen LogP contribution in [-0.4, -0.2) is 23.9 Å². The molecular formula is C8H8CuO8. The second-order valence-electron chi connectivity index (χ2n) is 2.49. The average molecular weight is 296 g/mol. The van der Waals surface area contributed by atoms with E-state index < -0.39 is 49.6 Å². The smallest absolute Gasteiger partial charge is 0.550 e. The number of carboxylic acids is 4. The van der Waals surface area contributed by atoms with Gasteiger partial charge in [0.1, 0.15) is 0 Å². The van der Waals surface area contributed by atoms with Gasteiger partial charge in [0, 0.05) is 23.9 Å². The van der Waals surface area contributed by atoms with E-state index in [1.807, 2.05) is 0 Å². The zero-order valence-corrected chi connectivity index (χ0v) is 9.34. The Bertz CT molecular complexity index is 219. The topological polar surface area (TPSA) is 161 Å². The Kier molecular flexibility index (Phi) is 15.2. The maximum Gasteiger partial charge on any atom is 4.00 e. The maximum atomic E-state index is 9.50. The van der Waals surface area contributed by atoms with Crippen LogP contribution in [0.3, 0.4) is 0 Å². The largest absolute Gasteiger partial charge is 4.00 e. The standard InChI is InChI=1S/2C4H6O4.Cu/c2*5-3(6)1-2-4(7)8;/h2*1-2H2,(H,5,6)(H,7,8);/q;;+4/p-4. The van der Waals surface area contributed by atoms with Gasteiger partial charge >= 0.3 is 17.1 Å². The van der Waals surface area contributed by atoms with Gasteiger partial charge in [0.2, 0.25) is 0 Å². The number of rotatable bonds is 6. The van der Waals surface area contributed by atoms with Gasteiger partial charge in [-0.05, 0) is 25.7 Å². The number of hydrogen-bond acceptors (Lipinski definition) is 8. The molecule has 0 aromatic rings. The summed E-state index contributed by atoms with van der Waals surface area (Å²) in [6.07, 6.45) is -1.88. The van der Waals surface area contributed by atoms with Crippen LogP contribution < -0.4 is 20.4 Å². The van der Waals surface area contributed by atoms with Crippen molar-refractivity contribution in [1.82, 2.24) is 0 Å². The molecule has 1 radical (unpaired) electrons. The number of carbonyl (C=O) groups excluding carboxylic acids is 4. The van der Waals surface area contributed by atoms with Crippen molar-refractivity contribution >= 4 is 23.9 Å². The van der Waals surface area contributed by atoms with Gasteiger partial charge < -0.3 is 39.6 Å². The molecule has 8 nitrogen and oxygen atoms in total. The van der Waals surface area contributed by atoms with E-state index in [2.05, 4.69) is 0 Å². The first-order valence-corrected chi connectivity index (χ1v) is 4.05.